The highest BCUT2D eigenvalue weighted by Gasteiger charge is 2.08. The summed E-state index contributed by atoms with van der Waals surface area (Å²) >= 11 is 8.98. The molecule has 0 aliphatic rings. The van der Waals surface area contributed by atoms with Crippen LogP contribution in [0.5, 0.6) is 0 Å². The third-order valence-corrected chi connectivity index (χ3v) is 3.25. The Morgan fingerprint density at radius 3 is 2.52 bits per heavy atom. The summed E-state index contributed by atoms with van der Waals surface area (Å²) < 4.78 is 0.683. The van der Waals surface area contributed by atoms with Crippen molar-refractivity contribution in [1.29, 1.82) is 0 Å². The van der Waals surface area contributed by atoms with Gasteiger partial charge in [0.2, 0.25) is 5.91 Å². The quantitative estimate of drug-likeness (QED) is 0.818. The standard InChI is InChI=1S/C14H11BrClN3O2/c15-11-6-10(7-17-8-11)14(21)19-18-13(20)5-9-1-3-12(16)4-2-9/h1-4,6-8H,5H2,(H,18,20)(H,19,21). The van der Waals surface area contributed by atoms with Crippen LogP contribution in [0.25, 0.3) is 0 Å². The highest BCUT2D eigenvalue weighted by molar-refractivity contribution is 9.10. The van der Waals surface area contributed by atoms with Crippen LogP contribution in [0.15, 0.2) is 47.2 Å². The maximum atomic E-state index is 11.8. The van der Waals surface area contributed by atoms with Gasteiger partial charge in [0.25, 0.3) is 5.91 Å². The van der Waals surface area contributed by atoms with Gasteiger partial charge in [0.05, 0.1) is 12.0 Å². The van der Waals surface area contributed by atoms with Crippen molar-refractivity contribution in [1.82, 2.24) is 15.8 Å². The molecular formula is C14H11BrClN3O2. The summed E-state index contributed by atoms with van der Waals surface area (Å²) in [7, 11) is 0. The van der Waals surface area contributed by atoms with Crippen LogP contribution in [0, 0.1) is 0 Å². The lowest BCUT2D eigenvalue weighted by atomic mass is 10.1. The topological polar surface area (TPSA) is 71.1 Å². The van der Waals surface area contributed by atoms with Crippen molar-refractivity contribution < 1.29 is 9.59 Å². The van der Waals surface area contributed by atoms with Crippen LogP contribution in [0.4, 0.5) is 0 Å². The van der Waals surface area contributed by atoms with Crippen LogP contribution < -0.4 is 10.9 Å². The Hall–Kier alpha value is -1.92. The van der Waals surface area contributed by atoms with E-state index in [1.807, 2.05) is 0 Å². The molecule has 2 amide bonds. The Balaban J connectivity index is 1.86. The Morgan fingerprint density at radius 1 is 1.14 bits per heavy atom. The second kappa shape index (κ2) is 7.19. The van der Waals surface area contributed by atoms with Crippen LogP contribution in [0.3, 0.4) is 0 Å². The van der Waals surface area contributed by atoms with Crippen molar-refractivity contribution in [3.63, 3.8) is 0 Å². The van der Waals surface area contributed by atoms with Crippen molar-refractivity contribution >= 4 is 39.3 Å². The molecule has 108 valence electrons. The molecule has 21 heavy (non-hydrogen) atoms. The molecule has 0 radical (unpaired) electrons. The number of nitrogens with one attached hydrogen (secondary N) is 2. The van der Waals surface area contributed by atoms with Gasteiger partial charge in [-0.2, -0.15) is 0 Å². The summed E-state index contributed by atoms with van der Waals surface area (Å²) in [4.78, 5) is 27.4. The van der Waals surface area contributed by atoms with Crippen LogP contribution in [-0.2, 0) is 11.2 Å². The molecule has 0 fully saturated rings. The number of benzene rings is 1. The monoisotopic (exact) mass is 367 g/mol. The lowest BCUT2D eigenvalue weighted by Gasteiger charge is -2.07. The van der Waals surface area contributed by atoms with E-state index in [0.717, 1.165) is 5.56 Å². The number of halogens is 2. The fourth-order valence-electron chi connectivity index (χ4n) is 1.57. The maximum Gasteiger partial charge on any atom is 0.271 e. The van der Waals surface area contributed by atoms with E-state index in [4.69, 9.17) is 11.6 Å². The molecular weight excluding hydrogens is 358 g/mol. The number of nitrogens with zero attached hydrogens (tertiary/aromatic N) is 1. The zero-order valence-electron chi connectivity index (χ0n) is 10.8. The van der Waals surface area contributed by atoms with Crippen molar-refractivity contribution in [3.8, 4) is 0 Å². The first-order valence-corrected chi connectivity index (χ1v) is 7.16. The molecule has 1 aromatic carbocycles. The molecule has 1 heterocycles. The number of hydrazine groups is 1. The molecule has 7 heteroatoms. The van der Waals surface area contributed by atoms with Crippen LogP contribution in [-0.4, -0.2) is 16.8 Å². The Bertz CT molecular complexity index is 662. The zero-order valence-corrected chi connectivity index (χ0v) is 13.1. The van der Waals surface area contributed by atoms with Gasteiger partial charge in [-0.15, -0.1) is 0 Å². The highest BCUT2D eigenvalue weighted by Crippen LogP contribution is 2.10. The Kier molecular flexibility index (Phi) is 5.30. The lowest BCUT2D eigenvalue weighted by molar-refractivity contribution is -0.121. The number of amides is 2. The number of rotatable bonds is 3. The molecule has 0 aliphatic heterocycles. The van der Waals surface area contributed by atoms with E-state index in [1.54, 1.807) is 36.5 Å². The van der Waals surface area contributed by atoms with Gasteiger partial charge < -0.3 is 0 Å². The van der Waals surface area contributed by atoms with Gasteiger partial charge in [-0.1, -0.05) is 23.7 Å². The molecule has 0 saturated heterocycles. The molecule has 2 rings (SSSR count). The van der Waals surface area contributed by atoms with Gasteiger partial charge in [0.1, 0.15) is 0 Å². The normalized spacial score (nSPS) is 10.0. The minimum absolute atomic E-state index is 0.147. The molecule has 1 aromatic heterocycles. The van der Waals surface area contributed by atoms with Gasteiger partial charge in [-0.3, -0.25) is 25.4 Å². The summed E-state index contributed by atoms with van der Waals surface area (Å²) in [5.41, 5.74) is 5.83. The third-order valence-electron chi connectivity index (χ3n) is 2.56. The van der Waals surface area contributed by atoms with E-state index in [1.165, 1.54) is 6.20 Å². The van der Waals surface area contributed by atoms with Crippen LogP contribution in [0.2, 0.25) is 5.02 Å². The van der Waals surface area contributed by atoms with Crippen LogP contribution >= 0.6 is 27.5 Å². The first-order chi connectivity index (χ1) is 10.0. The van der Waals surface area contributed by atoms with E-state index < -0.39 is 5.91 Å². The van der Waals surface area contributed by atoms with E-state index >= 15 is 0 Å². The Labute approximate surface area is 134 Å². The van der Waals surface area contributed by atoms with Gasteiger partial charge in [0, 0.05) is 21.9 Å². The molecule has 0 aliphatic carbocycles. The summed E-state index contributed by atoms with van der Waals surface area (Å²) in [6.07, 6.45) is 3.12. The summed E-state index contributed by atoms with van der Waals surface area (Å²) in [6, 6.07) is 8.52. The fraction of sp³-hybridized carbons (Fsp3) is 0.0714. The number of hydrogen-bond acceptors (Lipinski definition) is 3. The number of carbonyl (C=O) groups excluding carboxylic acids is 2. The number of carbonyl (C=O) groups is 2. The molecule has 2 aromatic rings. The van der Waals surface area contributed by atoms with Gasteiger partial charge in [0.15, 0.2) is 0 Å². The molecule has 0 unspecified atom stereocenters. The van der Waals surface area contributed by atoms with E-state index in [-0.39, 0.29) is 12.3 Å². The molecule has 0 atom stereocenters. The molecule has 0 spiro atoms. The summed E-state index contributed by atoms with van der Waals surface area (Å²) in [5.74, 6) is -0.762. The SMILES string of the molecule is O=C(Cc1ccc(Cl)cc1)NNC(=O)c1cncc(Br)c1. The summed E-state index contributed by atoms with van der Waals surface area (Å²) in [6.45, 7) is 0. The van der Waals surface area contributed by atoms with Crippen molar-refractivity contribution in [2.24, 2.45) is 0 Å². The molecule has 0 bridgehead atoms. The summed E-state index contributed by atoms with van der Waals surface area (Å²) in [5, 5.41) is 0.606. The van der Waals surface area contributed by atoms with Crippen molar-refractivity contribution in [2.75, 3.05) is 0 Å². The van der Waals surface area contributed by atoms with E-state index in [0.29, 0.717) is 15.1 Å². The predicted molar refractivity (Wildman–Crippen MR) is 82.7 cm³/mol. The average Bonchev–Trinajstić information content (AvgIpc) is 2.47. The Morgan fingerprint density at radius 2 is 1.86 bits per heavy atom. The number of hydrogen-bond donors (Lipinski definition) is 2. The smallest absolute Gasteiger partial charge is 0.271 e. The second-order valence-electron chi connectivity index (χ2n) is 4.20. The van der Waals surface area contributed by atoms with Crippen LogP contribution in [0.1, 0.15) is 15.9 Å². The van der Waals surface area contributed by atoms with Gasteiger partial charge in [-0.05, 0) is 39.7 Å². The van der Waals surface area contributed by atoms with E-state index in [9.17, 15) is 9.59 Å². The van der Waals surface area contributed by atoms with Crippen molar-refractivity contribution in [2.45, 2.75) is 6.42 Å². The minimum atomic E-state index is -0.437. The second-order valence-corrected chi connectivity index (χ2v) is 5.55. The fourth-order valence-corrected chi connectivity index (χ4v) is 2.06. The average molecular weight is 369 g/mol. The zero-order chi connectivity index (χ0) is 15.2. The molecule has 2 N–H and O–H groups in total. The largest absolute Gasteiger partial charge is 0.273 e. The maximum absolute atomic E-state index is 11.8. The third kappa shape index (κ3) is 4.84. The number of aromatic nitrogens is 1. The lowest BCUT2D eigenvalue weighted by Crippen LogP contribution is -2.42. The van der Waals surface area contributed by atoms with E-state index in [2.05, 4.69) is 31.8 Å². The number of pyridine rings is 1. The van der Waals surface area contributed by atoms with Gasteiger partial charge in [-0.25, -0.2) is 0 Å². The van der Waals surface area contributed by atoms with Gasteiger partial charge >= 0.3 is 0 Å². The highest BCUT2D eigenvalue weighted by atomic mass is 79.9. The first kappa shape index (κ1) is 15.5. The first-order valence-electron chi connectivity index (χ1n) is 5.99. The predicted octanol–water partition coefficient (Wildman–Crippen LogP) is 2.50. The minimum Gasteiger partial charge on any atom is -0.273 e. The van der Waals surface area contributed by atoms with Crippen molar-refractivity contribution in [3.05, 3.63) is 63.3 Å². The molecule has 0 saturated carbocycles. The molecule has 5 nitrogen and oxygen atoms in total.